The highest BCUT2D eigenvalue weighted by molar-refractivity contribution is 5.87. The quantitative estimate of drug-likeness (QED) is 0.859. The van der Waals surface area contributed by atoms with Gasteiger partial charge in [0, 0.05) is 18.2 Å². The van der Waals surface area contributed by atoms with Crippen molar-refractivity contribution in [1.82, 2.24) is 4.57 Å². The van der Waals surface area contributed by atoms with Crippen LogP contribution >= 0.6 is 0 Å². The molecule has 1 heterocycles. The Morgan fingerprint density at radius 3 is 2.74 bits per heavy atom. The minimum absolute atomic E-state index is 0.168. The molecule has 0 atom stereocenters. The van der Waals surface area contributed by atoms with Crippen molar-refractivity contribution in [2.24, 2.45) is 0 Å². The van der Waals surface area contributed by atoms with Gasteiger partial charge in [-0.05, 0) is 43.0 Å². The molecule has 0 saturated heterocycles. The second-order valence-electron chi connectivity index (χ2n) is 4.38. The van der Waals surface area contributed by atoms with Gasteiger partial charge in [-0.15, -0.1) is 0 Å². The molecular weight excluding hydrogens is 242 g/mol. The predicted molar refractivity (Wildman–Crippen MR) is 75.3 cm³/mol. The van der Waals surface area contributed by atoms with Crippen LogP contribution in [0.2, 0.25) is 0 Å². The van der Waals surface area contributed by atoms with Gasteiger partial charge in [0.05, 0.1) is 5.52 Å². The van der Waals surface area contributed by atoms with Gasteiger partial charge in [-0.3, -0.25) is 4.79 Å². The first-order valence-electron chi connectivity index (χ1n) is 6.08. The fraction of sp³-hybridized carbons (Fsp3) is 0.200. The van der Waals surface area contributed by atoms with Crippen LogP contribution in [-0.2, 0) is 11.3 Å². The zero-order valence-corrected chi connectivity index (χ0v) is 10.9. The summed E-state index contributed by atoms with van der Waals surface area (Å²) in [6.07, 6.45) is 2.33. The van der Waals surface area contributed by atoms with E-state index in [1.54, 1.807) is 10.6 Å². The highest BCUT2D eigenvalue weighted by Crippen LogP contribution is 2.16. The zero-order chi connectivity index (χ0) is 14.0. The van der Waals surface area contributed by atoms with E-state index < -0.39 is 5.97 Å². The van der Waals surface area contributed by atoms with Gasteiger partial charge in [-0.1, -0.05) is 12.1 Å². The van der Waals surface area contributed by atoms with E-state index in [0.29, 0.717) is 12.1 Å². The van der Waals surface area contributed by atoms with Crippen molar-refractivity contribution in [2.45, 2.75) is 20.4 Å². The Morgan fingerprint density at radius 1 is 1.37 bits per heavy atom. The number of aliphatic carboxylic acids is 1. The monoisotopic (exact) mass is 257 g/mol. The number of hydrogen-bond acceptors (Lipinski definition) is 2. The number of nitrogens with zero attached hydrogens (tertiary/aromatic N) is 1. The smallest absolute Gasteiger partial charge is 0.328 e. The number of pyridine rings is 1. The fourth-order valence-corrected chi connectivity index (χ4v) is 2.10. The standard InChI is InChI=1S/C15H15NO3/c1-3-16-13-8-10(2)4-5-11(13)9-12(15(16)19)6-7-14(17)18/h4-9H,3H2,1-2H3,(H,17,18)/b7-6+. The molecule has 0 aliphatic rings. The maximum absolute atomic E-state index is 12.3. The summed E-state index contributed by atoms with van der Waals surface area (Å²) in [6, 6.07) is 7.60. The van der Waals surface area contributed by atoms with Gasteiger partial charge in [-0.25, -0.2) is 4.79 Å². The summed E-state index contributed by atoms with van der Waals surface area (Å²) in [7, 11) is 0. The van der Waals surface area contributed by atoms with E-state index >= 15 is 0 Å². The molecule has 1 aromatic heterocycles. The summed E-state index contributed by atoms with van der Waals surface area (Å²) in [6.45, 7) is 4.42. The van der Waals surface area contributed by atoms with Crippen molar-refractivity contribution in [1.29, 1.82) is 0 Å². The van der Waals surface area contributed by atoms with Gasteiger partial charge in [0.2, 0.25) is 0 Å². The summed E-state index contributed by atoms with van der Waals surface area (Å²) in [4.78, 5) is 22.8. The van der Waals surface area contributed by atoms with Crippen LogP contribution < -0.4 is 5.56 Å². The number of hydrogen-bond donors (Lipinski definition) is 1. The molecule has 0 amide bonds. The molecule has 2 aromatic rings. The number of fused-ring (bicyclic) bond motifs is 1. The number of carboxylic acids is 1. The van der Waals surface area contributed by atoms with E-state index in [-0.39, 0.29) is 5.56 Å². The van der Waals surface area contributed by atoms with Gasteiger partial charge in [-0.2, -0.15) is 0 Å². The molecular formula is C15H15NO3. The van der Waals surface area contributed by atoms with Crippen molar-refractivity contribution in [3.05, 3.63) is 51.8 Å². The van der Waals surface area contributed by atoms with Crippen molar-refractivity contribution in [3.8, 4) is 0 Å². The first-order chi connectivity index (χ1) is 9.02. The Bertz CT molecular complexity index is 726. The topological polar surface area (TPSA) is 59.3 Å². The Labute approximate surface area is 110 Å². The van der Waals surface area contributed by atoms with Crippen LogP contribution in [0.15, 0.2) is 35.1 Å². The SMILES string of the molecule is CCn1c(=O)c(/C=C/C(=O)O)cc2ccc(C)cc21. The molecule has 4 heteroatoms. The lowest BCUT2D eigenvalue weighted by molar-refractivity contribution is -0.131. The highest BCUT2D eigenvalue weighted by atomic mass is 16.4. The molecule has 19 heavy (non-hydrogen) atoms. The van der Waals surface area contributed by atoms with E-state index in [1.165, 1.54) is 6.08 Å². The number of benzene rings is 1. The van der Waals surface area contributed by atoms with Crippen molar-refractivity contribution < 1.29 is 9.90 Å². The zero-order valence-electron chi connectivity index (χ0n) is 10.9. The maximum Gasteiger partial charge on any atom is 0.328 e. The molecule has 0 aliphatic carbocycles. The van der Waals surface area contributed by atoms with Gasteiger partial charge >= 0.3 is 5.97 Å². The predicted octanol–water partition coefficient (Wildman–Crippen LogP) is 2.43. The van der Waals surface area contributed by atoms with Crippen LogP contribution in [0.4, 0.5) is 0 Å². The fourth-order valence-electron chi connectivity index (χ4n) is 2.10. The molecule has 0 spiro atoms. The number of aryl methyl sites for hydroxylation is 2. The molecule has 0 unspecified atom stereocenters. The van der Waals surface area contributed by atoms with E-state index in [1.807, 2.05) is 32.0 Å². The average Bonchev–Trinajstić information content (AvgIpc) is 2.36. The first kappa shape index (κ1) is 13.1. The molecule has 0 fully saturated rings. The summed E-state index contributed by atoms with van der Waals surface area (Å²) in [5.41, 5.74) is 2.18. The van der Waals surface area contributed by atoms with E-state index in [4.69, 9.17) is 5.11 Å². The number of carboxylic acid groups (broad SMARTS) is 1. The third kappa shape index (κ3) is 2.57. The summed E-state index contributed by atoms with van der Waals surface area (Å²) in [5, 5.41) is 9.57. The van der Waals surface area contributed by atoms with E-state index in [2.05, 4.69) is 0 Å². The summed E-state index contributed by atoms with van der Waals surface area (Å²) in [5.74, 6) is -1.06. The average molecular weight is 257 g/mol. The molecule has 98 valence electrons. The van der Waals surface area contributed by atoms with Gasteiger partial charge in [0.1, 0.15) is 0 Å². The lowest BCUT2D eigenvalue weighted by Crippen LogP contribution is -2.21. The summed E-state index contributed by atoms with van der Waals surface area (Å²) < 4.78 is 1.66. The molecule has 0 aliphatic heterocycles. The van der Waals surface area contributed by atoms with Gasteiger partial charge < -0.3 is 9.67 Å². The van der Waals surface area contributed by atoms with Gasteiger partial charge in [0.25, 0.3) is 5.56 Å². The third-order valence-electron chi connectivity index (χ3n) is 3.00. The first-order valence-corrected chi connectivity index (χ1v) is 6.08. The van der Waals surface area contributed by atoms with Crippen molar-refractivity contribution in [3.63, 3.8) is 0 Å². The van der Waals surface area contributed by atoms with Crippen LogP contribution in [-0.4, -0.2) is 15.6 Å². The van der Waals surface area contributed by atoms with Crippen LogP contribution in [0.1, 0.15) is 18.1 Å². The Balaban J connectivity index is 2.75. The molecule has 1 aromatic carbocycles. The molecule has 1 N–H and O–H groups in total. The molecule has 0 saturated carbocycles. The molecule has 0 radical (unpaired) electrons. The van der Waals surface area contributed by atoms with Crippen molar-refractivity contribution >= 4 is 22.9 Å². The van der Waals surface area contributed by atoms with Crippen LogP contribution in [0.25, 0.3) is 17.0 Å². The lowest BCUT2D eigenvalue weighted by atomic mass is 10.1. The van der Waals surface area contributed by atoms with E-state index in [0.717, 1.165) is 22.5 Å². The Hall–Kier alpha value is -2.36. The van der Waals surface area contributed by atoms with Crippen LogP contribution in [0, 0.1) is 6.92 Å². The lowest BCUT2D eigenvalue weighted by Gasteiger charge is -2.10. The minimum atomic E-state index is -1.06. The maximum atomic E-state index is 12.3. The number of carbonyl (C=O) groups is 1. The highest BCUT2D eigenvalue weighted by Gasteiger charge is 2.06. The molecule has 2 rings (SSSR count). The Morgan fingerprint density at radius 2 is 2.11 bits per heavy atom. The van der Waals surface area contributed by atoms with Crippen molar-refractivity contribution in [2.75, 3.05) is 0 Å². The number of rotatable bonds is 3. The molecule has 0 bridgehead atoms. The van der Waals surface area contributed by atoms with E-state index in [9.17, 15) is 9.59 Å². The van der Waals surface area contributed by atoms with Gasteiger partial charge in [0.15, 0.2) is 0 Å². The number of aromatic nitrogens is 1. The second-order valence-corrected chi connectivity index (χ2v) is 4.38. The second kappa shape index (κ2) is 5.10. The minimum Gasteiger partial charge on any atom is -0.478 e. The van der Waals surface area contributed by atoms with Crippen LogP contribution in [0.5, 0.6) is 0 Å². The normalized spacial score (nSPS) is 11.3. The molecule has 4 nitrogen and oxygen atoms in total. The largest absolute Gasteiger partial charge is 0.478 e. The van der Waals surface area contributed by atoms with Crippen LogP contribution in [0.3, 0.4) is 0 Å². The summed E-state index contributed by atoms with van der Waals surface area (Å²) >= 11 is 0. The third-order valence-corrected chi connectivity index (χ3v) is 3.00. The Kier molecular flexibility index (Phi) is 3.51.